The molecular weight excluding hydrogens is 352 g/mol. The number of imide groups is 1. The third-order valence-corrected chi connectivity index (χ3v) is 5.95. The fraction of sp³-hybridized carbons (Fsp3) is 0.500. The van der Waals surface area contributed by atoms with E-state index in [9.17, 15) is 14.4 Å². The lowest BCUT2D eigenvalue weighted by atomic mass is 9.99. The number of anilines is 1. The van der Waals surface area contributed by atoms with Gasteiger partial charge in [0.2, 0.25) is 5.91 Å². The molecule has 8 heteroatoms. The van der Waals surface area contributed by atoms with Crippen molar-refractivity contribution in [3.63, 3.8) is 0 Å². The summed E-state index contributed by atoms with van der Waals surface area (Å²) in [6.07, 6.45) is 1.41. The molecule has 3 rings (SSSR count). The molecule has 26 heavy (non-hydrogen) atoms. The van der Waals surface area contributed by atoms with Crippen LogP contribution in [0.2, 0.25) is 0 Å². The summed E-state index contributed by atoms with van der Waals surface area (Å²) in [5.41, 5.74) is 0.332. The topological polar surface area (TPSA) is 81.8 Å². The Morgan fingerprint density at radius 1 is 1.35 bits per heavy atom. The van der Waals surface area contributed by atoms with Crippen molar-refractivity contribution in [3.8, 4) is 0 Å². The summed E-state index contributed by atoms with van der Waals surface area (Å²) in [4.78, 5) is 39.8. The number of benzene rings is 1. The number of carbonyl (C=O) groups excluding carboxylic acids is 3. The molecule has 2 saturated heterocycles. The number of amides is 4. The molecule has 2 aliphatic heterocycles. The molecular formula is C18H24N4O3S. The molecule has 0 saturated carbocycles. The molecule has 2 aliphatic rings. The van der Waals surface area contributed by atoms with E-state index in [2.05, 4.69) is 15.5 Å². The lowest BCUT2D eigenvalue weighted by Gasteiger charge is -2.20. The van der Waals surface area contributed by atoms with Crippen LogP contribution < -0.4 is 15.5 Å². The van der Waals surface area contributed by atoms with Gasteiger partial charge in [-0.2, -0.15) is 11.8 Å². The molecule has 1 spiro atoms. The predicted octanol–water partition coefficient (Wildman–Crippen LogP) is 1.06. The number of hydrogen-bond acceptors (Lipinski definition) is 5. The lowest BCUT2D eigenvalue weighted by Crippen LogP contribution is -2.47. The minimum atomic E-state index is -0.791. The number of thioether (sulfide) groups is 1. The predicted molar refractivity (Wildman–Crippen MR) is 102 cm³/mol. The number of rotatable bonds is 7. The molecule has 2 heterocycles. The van der Waals surface area contributed by atoms with Gasteiger partial charge in [-0.05, 0) is 30.7 Å². The highest BCUT2D eigenvalue weighted by Crippen LogP contribution is 2.33. The summed E-state index contributed by atoms with van der Waals surface area (Å²) < 4.78 is 0. The van der Waals surface area contributed by atoms with E-state index in [0.717, 1.165) is 29.3 Å². The second-order valence-corrected chi connectivity index (χ2v) is 7.77. The van der Waals surface area contributed by atoms with Crippen molar-refractivity contribution in [1.82, 2.24) is 15.5 Å². The van der Waals surface area contributed by atoms with Crippen LogP contribution in [-0.2, 0) is 9.59 Å². The monoisotopic (exact) mass is 376 g/mol. The van der Waals surface area contributed by atoms with Gasteiger partial charge in [-0.15, -0.1) is 0 Å². The Labute approximate surface area is 157 Å². The minimum Gasteiger partial charge on any atom is -0.375 e. The van der Waals surface area contributed by atoms with Crippen LogP contribution in [0.25, 0.3) is 0 Å². The van der Waals surface area contributed by atoms with Gasteiger partial charge < -0.3 is 15.5 Å². The number of carbonyl (C=O) groups is 3. The maximum Gasteiger partial charge on any atom is 0.325 e. The Balaban J connectivity index is 1.40. The third kappa shape index (κ3) is 3.95. The number of para-hydroxylation sites is 1. The Hall–Kier alpha value is -2.22. The summed E-state index contributed by atoms with van der Waals surface area (Å²) >= 11 is 1.65. The zero-order valence-corrected chi connectivity index (χ0v) is 15.7. The Kier molecular flexibility index (Phi) is 5.70. The van der Waals surface area contributed by atoms with Crippen LogP contribution in [0.5, 0.6) is 0 Å². The number of nitrogens with one attached hydrogen (secondary N) is 2. The summed E-state index contributed by atoms with van der Waals surface area (Å²) in [7, 11) is 2.00. The van der Waals surface area contributed by atoms with Gasteiger partial charge in [0, 0.05) is 31.6 Å². The first-order valence-corrected chi connectivity index (χ1v) is 9.92. The number of urea groups is 1. The van der Waals surface area contributed by atoms with Gasteiger partial charge in [-0.1, -0.05) is 18.2 Å². The highest BCUT2D eigenvalue weighted by atomic mass is 32.2. The molecule has 7 nitrogen and oxygen atoms in total. The molecule has 1 aromatic carbocycles. The first-order chi connectivity index (χ1) is 12.5. The van der Waals surface area contributed by atoms with Gasteiger partial charge in [-0.25, -0.2) is 4.79 Å². The second kappa shape index (κ2) is 7.99. The number of nitrogens with zero attached hydrogens (tertiary/aromatic N) is 2. The molecule has 1 atom stereocenters. The fourth-order valence-electron chi connectivity index (χ4n) is 3.21. The quantitative estimate of drug-likeness (QED) is 0.549. The first-order valence-electron chi connectivity index (χ1n) is 8.77. The normalized spacial score (nSPS) is 22.0. The van der Waals surface area contributed by atoms with Crippen LogP contribution in [-0.4, -0.2) is 66.5 Å². The van der Waals surface area contributed by atoms with Gasteiger partial charge in [0.25, 0.3) is 5.91 Å². The summed E-state index contributed by atoms with van der Waals surface area (Å²) in [6.45, 7) is 1.08. The van der Waals surface area contributed by atoms with E-state index >= 15 is 0 Å². The van der Waals surface area contributed by atoms with Crippen LogP contribution in [0.4, 0.5) is 10.5 Å². The lowest BCUT2D eigenvalue weighted by molar-refractivity contribution is -0.134. The standard InChI is InChI=1S/C18H24N4O3S/c1-21(14-6-3-2-4-7-14)10-5-9-19-15(23)12-22-16(24)18(20-17(22)25)8-11-26-13-18/h2-4,6-7H,5,8-13H2,1H3,(H,19,23)(H,20,25). The van der Waals surface area contributed by atoms with E-state index in [1.54, 1.807) is 11.8 Å². The van der Waals surface area contributed by atoms with Gasteiger partial charge in [0.1, 0.15) is 12.1 Å². The van der Waals surface area contributed by atoms with Crippen molar-refractivity contribution in [2.45, 2.75) is 18.4 Å². The summed E-state index contributed by atoms with van der Waals surface area (Å²) in [5.74, 6) is 0.854. The second-order valence-electron chi connectivity index (χ2n) is 6.67. The van der Waals surface area contributed by atoms with E-state index in [1.807, 2.05) is 37.4 Å². The largest absolute Gasteiger partial charge is 0.375 e. The molecule has 0 aromatic heterocycles. The van der Waals surface area contributed by atoms with Gasteiger partial charge in [-0.3, -0.25) is 14.5 Å². The first kappa shape index (κ1) is 18.6. The molecule has 2 N–H and O–H groups in total. The van der Waals surface area contributed by atoms with Crippen LogP contribution in [0.1, 0.15) is 12.8 Å². The highest BCUT2D eigenvalue weighted by molar-refractivity contribution is 7.99. The van der Waals surface area contributed by atoms with Crippen molar-refractivity contribution < 1.29 is 14.4 Å². The van der Waals surface area contributed by atoms with Crippen LogP contribution in [0.3, 0.4) is 0 Å². The molecule has 0 radical (unpaired) electrons. The van der Waals surface area contributed by atoms with E-state index in [4.69, 9.17) is 0 Å². The van der Waals surface area contributed by atoms with Crippen molar-refractivity contribution in [2.75, 3.05) is 43.1 Å². The average Bonchev–Trinajstić information content (AvgIpc) is 3.20. The zero-order chi connectivity index (χ0) is 18.6. The molecule has 0 bridgehead atoms. The minimum absolute atomic E-state index is 0.217. The fourth-order valence-corrected chi connectivity index (χ4v) is 4.53. The Morgan fingerprint density at radius 3 is 2.81 bits per heavy atom. The van der Waals surface area contributed by atoms with Crippen LogP contribution >= 0.6 is 11.8 Å². The summed E-state index contributed by atoms with van der Waals surface area (Å²) in [6, 6.07) is 9.56. The summed E-state index contributed by atoms with van der Waals surface area (Å²) in [5, 5.41) is 5.56. The van der Waals surface area contributed by atoms with Gasteiger partial charge >= 0.3 is 6.03 Å². The van der Waals surface area contributed by atoms with E-state index in [-0.39, 0.29) is 18.4 Å². The molecule has 2 fully saturated rings. The van der Waals surface area contributed by atoms with Gasteiger partial charge in [0.05, 0.1) is 0 Å². The van der Waals surface area contributed by atoms with Crippen molar-refractivity contribution in [1.29, 1.82) is 0 Å². The average molecular weight is 376 g/mol. The van der Waals surface area contributed by atoms with Crippen molar-refractivity contribution in [2.24, 2.45) is 0 Å². The number of hydrogen-bond donors (Lipinski definition) is 2. The highest BCUT2D eigenvalue weighted by Gasteiger charge is 2.53. The van der Waals surface area contributed by atoms with E-state index < -0.39 is 11.6 Å². The maximum atomic E-state index is 12.5. The smallest absolute Gasteiger partial charge is 0.325 e. The third-order valence-electron chi connectivity index (χ3n) is 4.76. The molecule has 1 aromatic rings. The Bertz CT molecular complexity index is 676. The zero-order valence-electron chi connectivity index (χ0n) is 14.9. The van der Waals surface area contributed by atoms with E-state index in [0.29, 0.717) is 18.7 Å². The molecule has 140 valence electrons. The molecule has 4 amide bonds. The van der Waals surface area contributed by atoms with E-state index in [1.165, 1.54) is 0 Å². The van der Waals surface area contributed by atoms with Crippen LogP contribution in [0, 0.1) is 0 Å². The maximum absolute atomic E-state index is 12.5. The van der Waals surface area contributed by atoms with Crippen molar-refractivity contribution >= 4 is 35.3 Å². The van der Waals surface area contributed by atoms with Gasteiger partial charge in [0.15, 0.2) is 0 Å². The Morgan fingerprint density at radius 2 is 2.12 bits per heavy atom. The van der Waals surface area contributed by atoms with Crippen LogP contribution in [0.15, 0.2) is 30.3 Å². The molecule has 1 unspecified atom stereocenters. The SMILES string of the molecule is CN(CCCNC(=O)CN1C(=O)NC2(CCSC2)C1=O)c1ccccc1. The van der Waals surface area contributed by atoms with Crippen molar-refractivity contribution in [3.05, 3.63) is 30.3 Å². The molecule has 0 aliphatic carbocycles.